The van der Waals surface area contributed by atoms with E-state index in [1.807, 2.05) is 30.3 Å². The summed E-state index contributed by atoms with van der Waals surface area (Å²) in [5, 5.41) is 0. The van der Waals surface area contributed by atoms with E-state index in [-0.39, 0.29) is 37.0 Å². The van der Waals surface area contributed by atoms with Gasteiger partial charge in [-0.25, -0.2) is 0 Å². The lowest BCUT2D eigenvalue weighted by molar-refractivity contribution is -0.304. The predicted octanol–water partition coefficient (Wildman–Crippen LogP) is 1.24. The summed E-state index contributed by atoms with van der Waals surface area (Å²) in [7, 11) is 1.63. The van der Waals surface area contributed by atoms with Crippen molar-refractivity contribution >= 4 is 0 Å². The molecule has 1 aromatic carbocycles. The van der Waals surface area contributed by atoms with E-state index >= 15 is 0 Å². The average Bonchev–Trinajstić information content (AvgIpc) is 3.27. The maximum absolute atomic E-state index is 6.00. The molecule has 0 radical (unpaired) electrons. The van der Waals surface area contributed by atoms with Crippen molar-refractivity contribution in [2.75, 3.05) is 13.7 Å². The van der Waals surface area contributed by atoms with Gasteiger partial charge in [0.25, 0.3) is 0 Å². The van der Waals surface area contributed by atoms with Gasteiger partial charge in [-0.1, -0.05) is 30.3 Å². The first-order chi connectivity index (χ1) is 9.36. The smallest absolute Gasteiger partial charge is 0.186 e. The van der Waals surface area contributed by atoms with E-state index in [2.05, 4.69) is 0 Å². The Labute approximate surface area is 111 Å². The van der Waals surface area contributed by atoms with Crippen LogP contribution in [0.3, 0.4) is 0 Å². The predicted molar refractivity (Wildman–Crippen MR) is 64.3 cm³/mol. The summed E-state index contributed by atoms with van der Waals surface area (Å²) in [5.74, 6) is 0. The molecular formula is C14H16O5. The molecule has 0 amide bonds. The Morgan fingerprint density at radius 3 is 2.63 bits per heavy atom. The number of rotatable bonds is 2. The Balaban J connectivity index is 1.50. The summed E-state index contributed by atoms with van der Waals surface area (Å²) in [6, 6.07) is 9.92. The van der Waals surface area contributed by atoms with Crippen LogP contribution in [0, 0.1) is 0 Å². The first kappa shape index (κ1) is 11.8. The summed E-state index contributed by atoms with van der Waals surface area (Å²) >= 11 is 0. The Morgan fingerprint density at radius 2 is 1.84 bits per heavy atom. The largest absolute Gasteiger partial charge is 0.361 e. The fourth-order valence-corrected chi connectivity index (χ4v) is 2.80. The summed E-state index contributed by atoms with van der Waals surface area (Å²) in [4.78, 5) is 0. The molecular weight excluding hydrogens is 248 g/mol. The van der Waals surface area contributed by atoms with Gasteiger partial charge in [-0.2, -0.15) is 0 Å². The number of ether oxygens (including phenoxy) is 5. The molecule has 0 saturated carbocycles. The minimum atomic E-state index is -0.338. The van der Waals surface area contributed by atoms with Crippen LogP contribution in [0.1, 0.15) is 11.9 Å². The van der Waals surface area contributed by atoms with E-state index in [0.29, 0.717) is 6.61 Å². The van der Waals surface area contributed by atoms with E-state index in [4.69, 9.17) is 23.7 Å². The van der Waals surface area contributed by atoms with Crippen LogP contribution >= 0.6 is 0 Å². The third-order valence-corrected chi connectivity index (χ3v) is 3.83. The summed E-state index contributed by atoms with van der Waals surface area (Å²) in [6.07, 6.45) is -0.759. The van der Waals surface area contributed by atoms with Crippen molar-refractivity contribution in [2.24, 2.45) is 0 Å². The molecule has 0 aromatic heterocycles. The molecule has 3 aliphatic rings. The Bertz CT molecular complexity index is 450. The molecule has 6 atom stereocenters. The first-order valence-electron chi connectivity index (χ1n) is 6.52. The number of epoxide rings is 1. The standard InChI is InChI=1S/C14H16O5/c1-15-14-12-11(18-12)10-9(17-14)7-16-13(19-10)8-5-3-2-4-6-8/h2-6,9-14H,7H2,1H3/t9-,10+,11+,12-,13+,14-/m1/s1. The molecule has 5 heteroatoms. The molecule has 0 unspecified atom stereocenters. The maximum Gasteiger partial charge on any atom is 0.186 e. The third kappa shape index (κ3) is 1.98. The normalized spacial score (nSPS) is 44.3. The second-order valence-electron chi connectivity index (χ2n) is 5.02. The van der Waals surface area contributed by atoms with Crippen LogP contribution in [0.5, 0.6) is 0 Å². The molecule has 3 saturated heterocycles. The molecule has 0 N–H and O–H groups in total. The molecule has 0 bridgehead atoms. The van der Waals surface area contributed by atoms with Gasteiger partial charge in [-0.15, -0.1) is 0 Å². The van der Waals surface area contributed by atoms with Gasteiger partial charge in [-0.3, -0.25) is 0 Å². The van der Waals surface area contributed by atoms with Crippen LogP contribution in [0.15, 0.2) is 30.3 Å². The lowest BCUT2D eigenvalue weighted by Crippen LogP contribution is -2.52. The molecule has 3 fully saturated rings. The van der Waals surface area contributed by atoms with Crippen LogP contribution in [0.25, 0.3) is 0 Å². The SMILES string of the molecule is CO[C@@H]1O[C@@H]2CO[C@H](c3ccccc3)O[C@@H]2[C@@H]2O[C@@H]12. The zero-order valence-electron chi connectivity index (χ0n) is 10.6. The number of methoxy groups -OCH3 is 1. The molecule has 0 aliphatic carbocycles. The lowest BCUT2D eigenvalue weighted by Gasteiger charge is -2.39. The van der Waals surface area contributed by atoms with Crippen molar-refractivity contribution in [3.05, 3.63) is 35.9 Å². The van der Waals surface area contributed by atoms with Gasteiger partial charge >= 0.3 is 0 Å². The molecule has 1 aromatic rings. The second kappa shape index (κ2) is 4.54. The highest BCUT2D eigenvalue weighted by molar-refractivity contribution is 5.17. The number of hydrogen-bond acceptors (Lipinski definition) is 5. The minimum absolute atomic E-state index is 0.000716. The summed E-state index contributed by atoms with van der Waals surface area (Å²) in [5.41, 5.74) is 1.02. The number of hydrogen-bond donors (Lipinski definition) is 0. The highest BCUT2D eigenvalue weighted by atomic mass is 16.8. The van der Waals surface area contributed by atoms with Gasteiger partial charge in [0.1, 0.15) is 24.4 Å². The fourth-order valence-electron chi connectivity index (χ4n) is 2.80. The van der Waals surface area contributed by atoms with Crippen LogP contribution in [-0.4, -0.2) is 44.4 Å². The molecule has 0 spiro atoms. The van der Waals surface area contributed by atoms with Crippen molar-refractivity contribution in [1.29, 1.82) is 0 Å². The van der Waals surface area contributed by atoms with Crippen LogP contribution in [0.4, 0.5) is 0 Å². The van der Waals surface area contributed by atoms with Crippen molar-refractivity contribution in [1.82, 2.24) is 0 Å². The monoisotopic (exact) mass is 264 g/mol. The summed E-state index contributed by atoms with van der Waals surface area (Å²) in [6.45, 7) is 0.497. The third-order valence-electron chi connectivity index (χ3n) is 3.83. The molecule has 19 heavy (non-hydrogen) atoms. The Hall–Kier alpha value is -0.980. The maximum atomic E-state index is 6.00. The van der Waals surface area contributed by atoms with E-state index in [1.165, 1.54) is 0 Å². The average molecular weight is 264 g/mol. The van der Waals surface area contributed by atoms with E-state index in [0.717, 1.165) is 5.56 Å². The van der Waals surface area contributed by atoms with Crippen LogP contribution in [0.2, 0.25) is 0 Å². The van der Waals surface area contributed by atoms with Crippen LogP contribution < -0.4 is 0 Å². The van der Waals surface area contributed by atoms with Gasteiger partial charge < -0.3 is 23.7 Å². The highest BCUT2D eigenvalue weighted by Gasteiger charge is 2.60. The van der Waals surface area contributed by atoms with Gasteiger partial charge in [0.2, 0.25) is 0 Å². The number of fused-ring (bicyclic) bond motifs is 3. The molecule has 102 valence electrons. The fraction of sp³-hybridized carbons (Fsp3) is 0.571. The minimum Gasteiger partial charge on any atom is -0.361 e. The van der Waals surface area contributed by atoms with E-state index in [9.17, 15) is 0 Å². The van der Waals surface area contributed by atoms with E-state index < -0.39 is 0 Å². The number of benzene rings is 1. The molecule has 3 heterocycles. The van der Waals surface area contributed by atoms with Crippen molar-refractivity contribution in [3.8, 4) is 0 Å². The zero-order chi connectivity index (χ0) is 12.8. The highest BCUT2D eigenvalue weighted by Crippen LogP contribution is 2.43. The van der Waals surface area contributed by atoms with E-state index in [1.54, 1.807) is 7.11 Å². The van der Waals surface area contributed by atoms with Gasteiger partial charge in [0.15, 0.2) is 12.6 Å². The Morgan fingerprint density at radius 1 is 1.00 bits per heavy atom. The zero-order valence-corrected chi connectivity index (χ0v) is 10.6. The van der Waals surface area contributed by atoms with Crippen LogP contribution in [-0.2, 0) is 23.7 Å². The van der Waals surface area contributed by atoms with Crippen molar-refractivity contribution < 1.29 is 23.7 Å². The van der Waals surface area contributed by atoms with Gasteiger partial charge in [0.05, 0.1) is 6.61 Å². The summed E-state index contributed by atoms with van der Waals surface area (Å²) < 4.78 is 28.4. The van der Waals surface area contributed by atoms with Crippen molar-refractivity contribution in [3.63, 3.8) is 0 Å². The quantitative estimate of drug-likeness (QED) is 0.752. The first-order valence-corrected chi connectivity index (χ1v) is 6.52. The van der Waals surface area contributed by atoms with Gasteiger partial charge in [0, 0.05) is 12.7 Å². The second-order valence-corrected chi connectivity index (χ2v) is 5.02. The lowest BCUT2D eigenvalue weighted by atomic mass is 10.0. The van der Waals surface area contributed by atoms with Gasteiger partial charge in [-0.05, 0) is 0 Å². The molecule has 4 rings (SSSR count). The van der Waals surface area contributed by atoms with Crippen molar-refractivity contribution in [2.45, 2.75) is 37.0 Å². The Kier molecular flexibility index (Phi) is 2.82. The molecule has 5 nitrogen and oxygen atoms in total. The molecule has 3 aliphatic heterocycles. The topological polar surface area (TPSA) is 49.5 Å².